The number of rotatable bonds is 5. The van der Waals surface area contributed by atoms with Crippen molar-refractivity contribution in [2.24, 2.45) is 0 Å². The average molecular weight is 424 g/mol. The highest BCUT2D eigenvalue weighted by Gasteiger charge is 3.03. The van der Waals surface area contributed by atoms with Crippen LogP contribution in [-0.2, 0) is 19.1 Å². The van der Waals surface area contributed by atoms with Crippen molar-refractivity contribution >= 4 is 11.9 Å². The summed E-state index contributed by atoms with van der Waals surface area (Å²) in [5.74, 6) is -41.8. The third kappa shape index (κ3) is 2.56. The summed E-state index contributed by atoms with van der Waals surface area (Å²) in [7, 11) is 0. The summed E-state index contributed by atoms with van der Waals surface area (Å²) in [4.78, 5) is 21.8. The Balaban J connectivity index is 3.34. The van der Waals surface area contributed by atoms with Crippen molar-refractivity contribution in [3.63, 3.8) is 0 Å². The highest BCUT2D eigenvalue weighted by atomic mass is 19.4. The van der Waals surface area contributed by atoms with Gasteiger partial charge in [-0.2, -0.15) is 43.9 Å². The van der Waals surface area contributed by atoms with E-state index in [4.69, 9.17) is 0 Å². The standard InChI is InChI=1S/C12H7F11O4/c1-2-5(24)26-3-4-27-6(25)7(13)8(14,15)10(18,19)12(22,23)11(20,21)9(7,16)17/h2H,1,3-4H2. The summed E-state index contributed by atoms with van der Waals surface area (Å²) in [5.41, 5.74) is -6.88. The van der Waals surface area contributed by atoms with Crippen LogP contribution in [-0.4, -0.2) is 60.4 Å². The lowest BCUT2D eigenvalue weighted by atomic mass is 9.72. The molecule has 0 saturated heterocycles. The molecular formula is C12H7F11O4. The molecule has 1 rings (SSSR count). The maximum absolute atomic E-state index is 14.1. The van der Waals surface area contributed by atoms with Gasteiger partial charge in [0.25, 0.3) is 0 Å². The number of halogens is 11. The predicted molar refractivity (Wildman–Crippen MR) is 60.7 cm³/mol. The number of alkyl halides is 11. The van der Waals surface area contributed by atoms with Gasteiger partial charge in [-0.1, -0.05) is 6.58 Å². The smallest absolute Gasteiger partial charge is 0.384 e. The number of carbonyl (C=O) groups is 2. The molecule has 15 heteroatoms. The Morgan fingerprint density at radius 3 is 1.37 bits per heavy atom. The van der Waals surface area contributed by atoms with E-state index in [1.807, 2.05) is 0 Å². The van der Waals surface area contributed by atoms with Crippen LogP contribution < -0.4 is 0 Å². The monoisotopic (exact) mass is 424 g/mol. The summed E-state index contributed by atoms with van der Waals surface area (Å²) in [6.07, 6.45) is 0.505. The predicted octanol–water partition coefficient (Wildman–Crippen LogP) is 3.16. The van der Waals surface area contributed by atoms with Gasteiger partial charge in [0.1, 0.15) is 13.2 Å². The Morgan fingerprint density at radius 1 is 0.667 bits per heavy atom. The van der Waals surface area contributed by atoms with Crippen LogP contribution in [0.1, 0.15) is 0 Å². The van der Waals surface area contributed by atoms with E-state index in [0.29, 0.717) is 6.08 Å². The Morgan fingerprint density at radius 2 is 1.00 bits per heavy atom. The number of hydrogen-bond acceptors (Lipinski definition) is 4. The fourth-order valence-electron chi connectivity index (χ4n) is 1.91. The average Bonchev–Trinajstić information content (AvgIpc) is 2.55. The van der Waals surface area contributed by atoms with E-state index in [1.54, 1.807) is 0 Å². The van der Waals surface area contributed by atoms with E-state index in [1.165, 1.54) is 0 Å². The van der Waals surface area contributed by atoms with E-state index in [9.17, 15) is 57.9 Å². The molecule has 0 N–H and O–H groups in total. The van der Waals surface area contributed by atoms with Crippen LogP contribution in [0.15, 0.2) is 12.7 Å². The fraction of sp³-hybridized carbons (Fsp3) is 0.667. The zero-order valence-electron chi connectivity index (χ0n) is 12.5. The van der Waals surface area contributed by atoms with Crippen LogP contribution in [0.2, 0.25) is 0 Å². The highest BCUT2D eigenvalue weighted by Crippen LogP contribution is 2.69. The second kappa shape index (κ2) is 6.22. The molecule has 1 fully saturated rings. The van der Waals surface area contributed by atoms with Crippen molar-refractivity contribution in [1.82, 2.24) is 0 Å². The van der Waals surface area contributed by atoms with Gasteiger partial charge in [0.2, 0.25) is 0 Å². The first-order valence-corrected chi connectivity index (χ1v) is 6.42. The zero-order valence-corrected chi connectivity index (χ0v) is 12.5. The molecule has 0 unspecified atom stereocenters. The molecule has 1 aliphatic rings. The van der Waals surface area contributed by atoms with Crippen molar-refractivity contribution in [2.75, 3.05) is 13.2 Å². The number of hydrogen-bond donors (Lipinski definition) is 0. The minimum absolute atomic E-state index is 0.505. The molecule has 0 aromatic rings. The molecule has 0 heterocycles. The molecule has 0 bridgehead atoms. The maximum atomic E-state index is 14.1. The molecule has 0 aliphatic heterocycles. The molecular weight excluding hydrogens is 417 g/mol. The van der Waals surface area contributed by atoms with Crippen LogP contribution in [0, 0.1) is 0 Å². The van der Waals surface area contributed by atoms with Gasteiger partial charge in [-0.05, 0) is 0 Å². The highest BCUT2D eigenvalue weighted by molar-refractivity contribution is 5.84. The van der Waals surface area contributed by atoms with Gasteiger partial charge >= 0.3 is 47.2 Å². The minimum Gasteiger partial charge on any atom is -0.459 e. The molecule has 0 spiro atoms. The molecule has 0 atom stereocenters. The second-order valence-electron chi connectivity index (χ2n) is 5.04. The molecule has 0 aromatic carbocycles. The lowest BCUT2D eigenvalue weighted by Crippen LogP contribution is -2.85. The lowest BCUT2D eigenvalue weighted by molar-refractivity contribution is -0.478. The van der Waals surface area contributed by atoms with Crippen molar-refractivity contribution in [3.8, 4) is 0 Å². The first-order chi connectivity index (χ1) is 11.9. The Labute approximate surface area is 141 Å². The quantitative estimate of drug-likeness (QED) is 0.295. The van der Waals surface area contributed by atoms with Crippen LogP contribution >= 0.6 is 0 Å². The summed E-state index contributed by atoms with van der Waals surface area (Å²) >= 11 is 0. The van der Waals surface area contributed by atoms with Crippen molar-refractivity contribution < 1.29 is 67.4 Å². The Hall–Kier alpha value is -2.09. The second-order valence-corrected chi connectivity index (χ2v) is 5.04. The molecule has 1 saturated carbocycles. The van der Waals surface area contributed by atoms with Gasteiger partial charge in [-0.25, -0.2) is 14.0 Å². The first-order valence-electron chi connectivity index (χ1n) is 6.42. The summed E-state index contributed by atoms with van der Waals surface area (Å²) in [6.45, 7) is 0.180. The maximum Gasteiger partial charge on any atom is 0.384 e. The fourth-order valence-corrected chi connectivity index (χ4v) is 1.91. The van der Waals surface area contributed by atoms with E-state index in [2.05, 4.69) is 16.1 Å². The lowest BCUT2D eigenvalue weighted by Gasteiger charge is -2.50. The molecule has 0 amide bonds. The summed E-state index contributed by atoms with van der Waals surface area (Å²) in [5, 5.41) is 0. The van der Waals surface area contributed by atoms with Crippen LogP contribution in [0.4, 0.5) is 48.3 Å². The Bertz CT molecular complexity index is 613. The number of carbonyl (C=O) groups excluding carboxylic acids is 2. The zero-order chi connectivity index (χ0) is 21.7. The first kappa shape index (κ1) is 23.0. The van der Waals surface area contributed by atoms with E-state index < -0.39 is 60.4 Å². The largest absolute Gasteiger partial charge is 0.459 e. The number of esters is 2. The molecule has 27 heavy (non-hydrogen) atoms. The van der Waals surface area contributed by atoms with Gasteiger partial charge in [-0.15, -0.1) is 0 Å². The van der Waals surface area contributed by atoms with Gasteiger partial charge in [-0.3, -0.25) is 0 Å². The van der Waals surface area contributed by atoms with Crippen molar-refractivity contribution in [3.05, 3.63) is 12.7 Å². The van der Waals surface area contributed by atoms with E-state index in [0.717, 1.165) is 0 Å². The van der Waals surface area contributed by atoms with Gasteiger partial charge in [0.05, 0.1) is 0 Å². The molecule has 0 radical (unpaired) electrons. The minimum atomic E-state index is -7.43. The third-order valence-corrected chi connectivity index (χ3v) is 3.45. The van der Waals surface area contributed by atoms with Gasteiger partial charge in [0.15, 0.2) is 0 Å². The van der Waals surface area contributed by atoms with Crippen LogP contribution in [0.3, 0.4) is 0 Å². The normalized spacial score (nSPS) is 25.9. The third-order valence-electron chi connectivity index (χ3n) is 3.45. The summed E-state index contributed by atoms with van der Waals surface area (Å²) < 4.78 is 154. The van der Waals surface area contributed by atoms with Crippen molar-refractivity contribution in [2.45, 2.75) is 35.3 Å². The molecule has 156 valence electrons. The SMILES string of the molecule is C=CC(=O)OCCOC(=O)C1(F)C(F)(F)C(F)(F)C(F)(F)C(F)(F)C1(F)F. The topological polar surface area (TPSA) is 52.6 Å². The molecule has 1 aliphatic carbocycles. The van der Waals surface area contributed by atoms with E-state index >= 15 is 0 Å². The Kier molecular flexibility index (Phi) is 5.29. The van der Waals surface area contributed by atoms with E-state index in [-0.39, 0.29) is 0 Å². The van der Waals surface area contributed by atoms with Crippen molar-refractivity contribution in [1.29, 1.82) is 0 Å². The number of ether oxygens (including phenoxy) is 2. The molecule has 0 aromatic heterocycles. The van der Waals surface area contributed by atoms with Gasteiger partial charge < -0.3 is 9.47 Å². The molecule has 4 nitrogen and oxygen atoms in total. The van der Waals surface area contributed by atoms with Crippen LogP contribution in [0.25, 0.3) is 0 Å². The summed E-state index contributed by atoms with van der Waals surface area (Å²) in [6, 6.07) is 0. The van der Waals surface area contributed by atoms with Gasteiger partial charge in [0, 0.05) is 6.08 Å². The van der Waals surface area contributed by atoms with Crippen LogP contribution in [0.5, 0.6) is 0 Å².